The fourth-order valence-electron chi connectivity index (χ4n) is 1.97. The average molecular weight is 371 g/mol. The molecule has 0 amide bonds. The number of hydrogen-bond acceptors (Lipinski definition) is 5. The second-order valence-electron chi connectivity index (χ2n) is 5.04. The summed E-state index contributed by atoms with van der Waals surface area (Å²) in [5.41, 5.74) is 5.94. The van der Waals surface area contributed by atoms with Gasteiger partial charge in [-0.3, -0.25) is 5.43 Å². The number of aromatic nitrogens is 4. The van der Waals surface area contributed by atoms with Crippen LogP contribution in [-0.2, 0) is 0 Å². The SMILES string of the molecule is C/C(=N/Nc1cc(-n2cc(C)cn2)ncn1)c1ccc(Br)cc1. The van der Waals surface area contributed by atoms with E-state index in [0.29, 0.717) is 11.6 Å². The molecule has 7 heteroatoms. The third-order valence-corrected chi connectivity index (χ3v) is 3.73. The molecule has 1 N–H and O–H groups in total. The van der Waals surface area contributed by atoms with Crippen molar-refractivity contribution in [1.82, 2.24) is 19.7 Å². The van der Waals surface area contributed by atoms with Gasteiger partial charge in [0.15, 0.2) is 11.6 Å². The third kappa shape index (κ3) is 3.81. The number of nitrogens with zero attached hydrogens (tertiary/aromatic N) is 5. The number of nitrogens with one attached hydrogen (secondary N) is 1. The Labute approximate surface area is 142 Å². The van der Waals surface area contributed by atoms with Crippen LogP contribution in [0.3, 0.4) is 0 Å². The first-order valence-electron chi connectivity index (χ1n) is 7.02. The van der Waals surface area contributed by atoms with E-state index in [4.69, 9.17) is 0 Å². The highest BCUT2D eigenvalue weighted by atomic mass is 79.9. The van der Waals surface area contributed by atoms with Crippen molar-refractivity contribution < 1.29 is 0 Å². The minimum atomic E-state index is 0.611. The predicted molar refractivity (Wildman–Crippen MR) is 93.9 cm³/mol. The number of hydrogen-bond donors (Lipinski definition) is 1. The quantitative estimate of drug-likeness (QED) is 0.562. The van der Waals surface area contributed by atoms with E-state index >= 15 is 0 Å². The Hall–Kier alpha value is -2.54. The Morgan fingerprint density at radius 3 is 2.70 bits per heavy atom. The lowest BCUT2D eigenvalue weighted by Gasteiger charge is -2.05. The van der Waals surface area contributed by atoms with E-state index in [2.05, 4.69) is 41.5 Å². The normalized spacial score (nSPS) is 11.5. The van der Waals surface area contributed by atoms with Crippen LogP contribution in [0, 0.1) is 6.92 Å². The van der Waals surface area contributed by atoms with Crippen LogP contribution >= 0.6 is 15.9 Å². The highest BCUT2D eigenvalue weighted by molar-refractivity contribution is 9.10. The highest BCUT2D eigenvalue weighted by Gasteiger charge is 2.03. The number of rotatable bonds is 4. The summed E-state index contributed by atoms with van der Waals surface area (Å²) in [7, 11) is 0. The van der Waals surface area contributed by atoms with Crippen LogP contribution in [0.1, 0.15) is 18.1 Å². The van der Waals surface area contributed by atoms with E-state index in [1.54, 1.807) is 16.9 Å². The van der Waals surface area contributed by atoms with Gasteiger partial charge in [-0.1, -0.05) is 28.1 Å². The van der Waals surface area contributed by atoms with Crippen LogP contribution in [0.15, 0.2) is 58.6 Å². The van der Waals surface area contributed by atoms with Crippen molar-refractivity contribution in [2.24, 2.45) is 5.10 Å². The van der Waals surface area contributed by atoms with Crippen LogP contribution in [0.4, 0.5) is 5.82 Å². The van der Waals surface area contributed by atoms with Crippen LogP contribution in [0.2, 0.25) is 0 Å². The molecule has 0 aliphatic rings. The van der Waals surface area contributed by atoms with Gasteiger partial charge in [-0.05, 0) is 37.1 Å². The summed E-state index contributed by atoms with van der Waals surface area (Å²) >= 11 is 3.42. The van der Waals surface area contributed by atoms with Crippen LogP contribution in [-0.4, -0.2) is 25.5 Å². The predicted octanol–water partition coefficient (Wildman–Crippen LogP) is 3.57. The standard InChI is InChI=1S/C16H15BrN6/c1-11-8-20-23(9-11)16-7-15(18-10-19-16)22-21-12(2)13-3-5-14(17)6-4-13/h3-10H,1-2H3,(H,18,19,22)/b21-12-. The van der Waals surface area contributed by atoms with Gasteiger partial charge in [0.25, 0.3) is 0 Å². The first-order chi connectivity index (χ1) is 11.1. The molecule has 0 atom stereocenters. The van der Waals surface area contributed by atoms with E-state index in [-0.39, 0.29) is 0 Å². The van der Waals surface area contributed by atoms with E-state index in [9.17, 15) is 0 Å². The zero-order valence-electron chi connectivity index (χ0n) is 12.7. The van der Waals surface area contributed by atoms with E-state index in [0.717, 1.165) is 21.3 Å². The van der Waals surface area contributed by atoms with Gasteiger partial charge in [-0.2, -0.15) is 10.2 Å². The topological polar surface area (TPSA) is 68.0 Å². The number of anilines is 1. The molecule has 0 saturated carbocycles. The fraction of sp³-hybridized carbons (Fsp3) is 0.125. The van der Waals surface area contributed by atoms with Crippen LogP contribution in [0.25, 0.3) is 5.82 Å². The summed E-state index contributed by atoms with van der Waals surface area (Å²) in [4.78, 5) is 8.39. The Morgan fingerprint density at radius 1 is 1.22 bits per heavy atom. The van der Waals surface area contributed by atoms with Crippen molar-refractivity contribution in [3.05, 3.63) is 64.7 Å². The maximum absolute atomic E-state index is 4.37. The van der Waals surface area contributed by atoms with Crippen LogP contribution < -0.4 is 5.43 Å². The maximum Gasteiger partial charge on any atom is 0.158 e. The van der Waals surface area contributed by atoms with Crippen molar-refractivity contribution >= 4 is 27.5 Å². The molecular formula is C16H15BrN6. The van der Waals surface area contributed by atoms with Crippen molar-refractivity contribution in [3.8, 4) is 5.82 Å². The molecule has 2 aromatic heterocycles. The molecule has 3 aromatic rings. The van der Waals surface area contributed by atoms with Crippen molar-refractivity contribution in [2.45, 2.75) is 13.8 Å². The maximum atomic E-state index is 4.37. The van der Waals surface area contributed by atoms with Gasteiger partial charge < -0.3 is 0 Å². The summed E-state index contributed by atoms with van der Waals surface area (Å²) in [6.45, 7) is 3.92. The first kappa shape index (κ1) is 15.4. The lowest BCUT2D eigenvalue weighted by molar-refractivity contribution is 0.839. The molecule has 6 nitrogen and oxygen atoms in total. The lowest BCUT2D eigenvalue weighted by Crippen LogP contribution is -2.03. The van der Waals surface area contributed by atoms with E-state index in [1.165, 1.54) is 6.33 Å². The van der Waals surface area contributed by atoms with Crippen molar-refractivity contribution in [1.29, 1.82) is 0 Å². The van der Waals surface area contributed by atoms with E-state index < -0.39 is 0 Å². The molecule has 0 aliphatic carbocycles. The zero-order valence-corrected chi connectivity index (χ0v) is 14.3. The van der Waals surface area contributed by atoms with Crippen molar-refractivity contribution in [3.63, 3.8) is 0 Å². The molecule has 0 radical (unpaired) electrons. The molecule has 0 aliphatic heterocycles. The smallest absolute Gasteiger partial charge is 0.158 e. The first-order valence-corrected chi connectivity index (χ1v) is 7.81. The van der Waals surface area contributed by atoms with Gasteiger partial charge in [0.2, 0.25) is 0 Å². The number of aryl methyl sites for hydroxylation is 1. The molecule has 1 aromatic carbocycles. The monoisotopic (exact) mass is 370 g/mol. The second-order valence-corrected chi connectivity index (χ2v) is 5.96. The third-order valence-electron chi connectivity index (χ3n) is 3.20. The Bertz CT molecular complexity index is 838. The molecule has 0 unspecified atom stereocenters. The molecule has 0 bridgehead atoms. The molecule has 0 spiro atoms. The average Bonchev–Trinajstić information content (AvgIpc) is 3.00. The molecule has 2 heterocycles. The molecular weight excluding hydrogens is 356 g/mol. The van der Waals surface area contributed by atoms with E-state index in [1.807, 2.05) is 44.3 Å². The summed E-state index contributed by atoms with van der Waals surface area (Å²) in [6.07, 6.45) is 5.17. The van der Waals surface area contributed by atoms with Crippen LogP contribution in [0.5, 0.6) is 0 Å². The lowest BCUT2D eigenvalue weighted by atomic mass is 10.1. The summed E-state index contributed by atoms with van der Waals surface area (Å²) in [5, 5.41) is 8.60. The Kier molecular flexibility index (Phi) is 4.47. The van der Waals surface area contributed by atoms with Crippen molar-refractivity contribution in [2.75, 3.05) is 5.43 Å². The van der Waals surface area contributed by atoms with Gasteiger partial charge in [0, 0.05) is 16.7 Å². The summed E-state index contributed by atoms with van der Waals surface area (Å²) in [5.74, 6) is 1.30. The number of benzene rings is 1. The molecule has 0 fully saturated rings. The van der Waals surface area contributed by atoms with Gasteiger partial charge in [0.1, 0.15) is 6.33 Å². The van der Waals surface area contributed by atoms with Gasteiger partial charge in [-0.15, -0.1) is 0 Å². The Morgan fingerprint density at radius 2 is 2.00 bits per heavy atom. The summed E-state index contributed by atoms with van der Waals surface area (Å²) in [6, 6.07) is 9.77. The van der Waals surface area contributed by atoms with Gasteiger partial charge >= 0.3 is 0 Å². The minimum absolute atomic E-state index is 0.611. The molecule has 116 valence electrons. The summed E-state index contributed by atoms with van der Waals surface area (Å²) < 4.78 is 2.74. The second kappa shape index (κ2) is 6.70. The van der Waals surface area contributed by atoms with Gasteiger partial charge in [-0.25, -0.2) is 14.6 Å². The largest absolute Gasteiger partial charge is 0.261 e. The zero-order chi connectivity index (χ0) is 16.2. The fourth-order valence-corrected chi connectivity index (χ4v) is 2.23. The molecule has 23 heavy (non-hydrogen) atoms. The van der Waals surface area contributed by atoms with Gasteiger partial charge in [0.05, 0.1) is 11.9 Å². The molecule has 0 saturated heterocycles. The number of hydrazone groups is 1. The molecule has 3 rings (SSSR count). The highest BCUT2D eigenvalue weighted by Crippen LogP contribution is 2.12. The Balaban J connectivity index is 1.78. The number of halogens is 1. The minimum Gasteiger partial charge on any atom is -0.261 e.